The molecule has 1 aromatic carbocycles. The Morgan fingerprint density at radius 3 is 2.58 bits per heavy atom. The third kappa shape index (κ3) is 3.04. The lowest BCUT2D eigenvalue weighted by atomic mass is 10.0. The highest BCUT2D eigenvalue weighted by Crippen LogP contribution is 2.20. The van der Waals surface area contributed by atoms with E-state index in [4.69, 9.17) is 5.73 Å². The molecular formula is C14H20FN3O. The fraction of sp³-hybridized carbons (Fsp3) is 0.500. The van der Waals surface area contributed by atoms with Gasteiger partial charge < -0.3 is 15.5 Å². The van der Waals surface area contributed by atoms with Crippen molar-refractivity contribution in [2.45, 2.75) is 18.9 Å². The van der Waals surface area contributed by atoms with Gasteiger partial charge in [-0.25, -0.2) is 4.39 Å². The molecule has 0 unspecified atom stereocenters. The van der Waals surface area contributed by atoms with E-state index in [0.29, 0.717) is 24.8 Å². The molecule has 19 heavy (non-hydrogen) atoms. The lowest BCUT2D eigenvalue weighted by molar-refractivity contribution is 0.0664. The van der Waals surface area contributed by atoms with Crippen molar-refractivity contribution in [3.8, 4) is 0 Å². The molecular weight excluding hydrogens is 245 g/mol. The van der Waals surface area contributed by atoms with Gasteiger partial charge in [-0.3, -0.25) is 4.79 Å². The number of carbonyl (C=O) groups is 1. The zero-order valence-corrected chi connectivity index (χ0v) is 11.4. The van der Waals surface area contributed by atoms with Gasteiger partial charge in [-0.2, -0.15) is 0 Å². The van der Waals surface area contributed by atoms with Crippen molar-refractivity contribution < 1.29 is 9.18 Å². The maximum Gasteiger partial charge on any atom is 0.256 e. The van der Waals surface area contributed by atoms with Crippen molar-refractivity contribution in [3.05, 3.63) is 29.6 Å². The van der Waals surface area contributed by atoms with Crippen LogP contribution in [0.1, 0.15) is 23.2 Å². The highest BCUT2D eigenvalue weighted by Gasteiger charge is 2.25. The van der Waals surface area contributed by atoms with Crippen molar-refractivity contribution >= 4 is 11.6 Å². The van der Waals surface area contributed by atoms with Crippen LogP contribution in [0.2, 0.25) is 0 Å². The van der Waals surface area contributed by atoms with Crippen molar-refractivity contribution in [1.82, 2.24) is 9.80 Å². The summed E-state index contributed by atoms with van der Waals surface area (Å²) >= 11 is 0. The number of nitrogens with zero attached hydrogens (tertiary/aromatic N) is 2. The summed E-state index contributed by atoms with van der Waals surface area (Å²) in [6.45, 7) is 1.38. The Morgan fingerprint density at radius 2 is 2.00 bits per heavy atom. The van der Waals surface area contributed by atoms with E-state index < -0.39 is 5.82 Å². The molecule has 5 heteroatoms. The molecule has 104 valence electrons. The lowest BCUT2D eigenvalue weighted by Gasteiger charge is -2.35. The molecule has 0 saturated carbocycles. The minimum Gasteiger partial charge on any atom is -0.398 e. The Kier molecular flexibility index (Phi) is 4.04. The van der Waals surface area contributed by atoms with Crippen LogP contribution in [0.25, 0.3) is 0 Å². The Morgan fingerprint density at radius 1 is 1.37 bits per heavy atom. The van der Waals surface area contributed by atoms with Gasteiger partial charge in [0.2, 0.25) is 0 Å². The number of likely N-dealkylation sites (tertiary alicyclic amines) is 1. The van der Waals surface area contributed by atoms with E-state index in [1.807, 2.05) is 14.1 Å². The first-order valence-corrected chi connectivity index (χ1v) is 6.50. The third-order valence-corrected chi connectivity index (χ3v) is 3.73. The second-order valence-corrected chi connectivity index (χ2v) is 5.22. The number of piperidine rings is 1. The zero-order chi connectivity index (χ0) is 14.0. The summed E-state index contributed by atoms with van der Waals surface area (Å²) in [5.41, 5.74) is 6.35. The lowest BCUT2D eigenvalue weighted by Crippen LogP contribution is -2.44. The number of hydrogen-bond donors (Lipinski definition) is 1. The van der Waals surface area contributed by atoms with Crippen LogP contribution < -0.4 is 5.73 Å². The maximum atomic E-state index is 13.2. The molecule has 1 amide bonds. The first-order chi connectivity index (χ1) is 8.99. The van der Waals surface area contributed by atoms with E-state index in [0.717, 1.165) is 12.8 Å². The van der Waals surface area contributed by atoms with Crippen LogP contribution in [-0.4, -0.2) is 48.9 Å². The molecule has 1 aliphatic heterocycles. The average molecular weight is 265 g/mol. The number of hydrogen-bond acceptors (Lipinski definition) is 3. The number of rotatable bonds is 2. The van der Waals surface area contributed by atoms with Crippen LogP contribution in [-0.2, 0) is 0 Å². The van der Waals surface area contributed by atoms with Gasteiger partial charge >= 0.3 is 0 Å². The molecule has 1 heterocycles. The van der Waals surface area contributed by atoms with Gasteiger partial charge in [-0.15, -0.1) is 0 Å². The smallest absolute Gasteiger partial charge is 0.256 e. The first-order valence-electron chi connectivity index (χ1n) is 6.50. The highest BCUT2D eigenvalue weighted by atomic mass is 19.1. The van der Waals surface area contributed by atoms with Gasteiger partial charge in [-0.1, -0.05) is 0 Å². The molecule has 1 aromatic rings. The highest BCUT2D eigenvalue weighted by molar-refractivity contribution is 5.99. The zero-order valence-electron chi connectivity index (χ0n) is 11.4. The summed E-state index contributed by atoms with van der Waals surface area (Å²) in [4.78, 5) is 16.2. The van der Waals surface area contributed by atoms with Crippen molar-refractivity contribution in [1.29, 1.82) is 0 Å². The Balaban J connectivity index is 2.07. The molecule has 0 aliphatic carbocycles. The monoisotopic (exact) mass is 265 g/mol. The van der Waals surface area contributed by atoms with E-state index in [2.05, 4.69) is 4.90 Å². The van der Waals surface area contributed by atoms with Crippen LogP contribution in [0.15, 0.2) is 18.2 Å². The number of amides is 1. The quantitative estimate of drug-likeness (QED) is 0.826. The normalized spacial score (nSPS) is 16.9. The van der Waals surface area contributed by atoms with Gasteiger partial charge in [0.1, 0.15) is 5.82 Å². The van der Waals surface area contributed by atoms with E-state index in [-0.39, 0.29) is 11.5 Å². The Bertz CT molecular complexity index is 468. The fourth-order valence-electron chi connectivity index (χ4n) is 2.47. The Labute approximate surface area is 113 Å². The molecule has 0 spiro atoms. The van der Waals surface area contributed by atoms with Gasteiger partial charge in [0.05, 0.1) is 5.56 Å². The molecule has 1 fully saturated rings. The van der Waals surface area contributed by atoms with Crippen LogP contribution in [0.4, 0.5) is 10.1 Å². The standard InChI is InChI=1S/C14H20FN3O/c1-17(2)11-5-7-18(8-6-11)14(19)12-9-10(15)3-4-13(12)16/h3-4,9,11H,5-8,16H2,1-2H3. The molecule has 2 rings (SSSR count). The van der Waals surface area contributed by atoms with E-state index in [1.165, 1.54) is 18.2 Å². The topological polar surface area (TPSA) is 49.6 Å². The molecule has 1 aliphatic rings. The molecule has 0 radical (unpaired) electrons. The van der Waals surface area contributed by atoms with Gasteiger partial charge in [-0.05, 0) is 45.1 Å². The maximum absolute atomic E-state index is 13.2. The van der Waals surface area contributed by atoms with E-state index in [1.54, 1.807) is 4.90 Å². The largest absolute Gasteiger partial charge is 0.398 e. The predicted octanol–water partition coefficient (Wildman–Crippen LogP) is 1.57. The second-order valence-electron chi connectivity index (χ2n) is 5.22. The Hall–Kier alpha value is -1.62. The molecule has 0 bridgehead atoms. The number of halogens is 1. The first kappa shape index (κ1) is 13.8. The average Bonchev–Trinajstić information content (AvgIpc) is 2.41. The molecule has 1 saturated heterocycles. The van der Waals surface area contributed by atoms with Crippen molar-refractivity contribution in [2.24, 2.45) is 0 Å². The van der Waals surface area contributed by atoms with Gasteiger partial charge in [0.15, 0.2) is 0 Å². The van der Waals surface area contributed by atoms with Crippen molar-refractivity contribution in [2.75, 3.05) is 32.9 Å². The minimum atomic E-state index is -0.430. The number of nitrogens with two attached hydrogens (primary N) is 1. The second kappa shape index (κ2) is 5.57. The number of benzene rings is 1. The predicted molar refractivity (Wildman–Crippen MR) is 73.4 cm³/mol. The van der Waals surface area contributed by atoms with Crippen molar-refractivity contribution in [3.63, 3.8) is 0 Å². The number of anilines is 1. The van der Waals surface area contributed by atoms with Crippen LogP contribution in [0.3, 0.4) is 0 Å². The van der Waals surface area contributed by atoms with Crippen LogP contribution >= 0.6 is 0 Å². The molecule has 0 atom stereocenters. The molecule has 4 nitrogen and oxygen atoms in total. The van der Waals surface area contributed by atoms with E-state index >= 15 is 0 Å². The summed E-state index contributed by atoms with van der Waals surface area (Å²) < 4.78 is 13.2. The minimum absolute atomic E-state index is 0.172. The molecule has 2 N–H and O–H groups in total. The fourth-order valence-corrected chi connectivity index (χ4v) is 2.47. The summed E-state index contributed by atoms with van der Waals surface area (Å²) in [6, 6.07) is 4.43. The van der Waals surface area contributed by atoms with Gasteiger partial charge in [0.25, 0.3) is 5.91 Å². The van der Waals surface area contributed by atoms with Gasteiger partial charge in [0, 0.05) is 24.8 Å². The van der Waals surface area contributed by atoms with Crippen LogP contribution in [0, 0.1) is 5.82 Å². The summed E-state index contributed by atoms with van der Waals surface area (Å²) in [6.07, 6.45) is 1.88. The summed E-state index contributed by atoms with van der Waals surface area (Å²) in [7, 11) is 4.10. The van der Waals surface area contributed by atoms with E-state index in [9.17, 15) is 9.18 Å². The third-order valence-electron chi connectivity index (χ3n) is 3.73. The number of carbonyl (C=O) groups excluding carboxylic acids is 1. The summed E-state index contributed by atoms with van der Waals surface area (Å²) in [5, 5.41) is 0. The summed E-state index contributed by atoms with van der Waals surface area (Å²) in [5.74, 6) is -0.602. The molecule has 0 aromatic heterocycles. The van der Waals surface area contributed by atoms with Crippen LogP contribution in [0.5, 0.6) is 0 Å². The SMILES string of the molecule is CN(C)C1CCN(C(=O)c2cc(F)ccc2N)CC1. The number of nitrogen functional groups attached to an aromatic ring is 1.